The Hall–Kier alpha value is -1.65. The van der Waals surface area contributed by atoms with Gasteiger partial charge in [-0.3, -0.25) is 9.69 Å². The summed E-state index contributed by atoms with van der Waals surface area (Å²) in [4.78, 5) is 15.4. The van der Waals surface area contributed by atoms with Crippen molar-refractivity contribution < 1.29 is 14.3 Å². The fourth-order valence-corrected chi connectivity index (χ4v) is 4.21. The molecule has 1 aromatic carbocycles. The molecule has 2 aliphatic rings. The lowest BCUT2D eigenvalue weighted by atomic mass is 9.76. The quantitative estimate of drug-likeness (QED) is 0.724. The van der Waals surface area contributed by atoms with Crippen LogP contribution in [0.15, 0.2) is 36.4 Å². The highest BCUT2D eigenvalue weighted by Crippen LogP contribution is 2.37. The van der Waals surface area contributed by atoms with Gasteiger partial charge in [0.2, 0.25) is 0 Å². The number of nitrogens with zero attached hydrogens (tertiary/aromatic N) is 1. The summed E-state index contributed by atoms with van der Waals surface area (Å²) >= 11 is 0. The van der Waals surface area contributed by atoms with Crippen LogP contribution in [-0.2, 0) is 14.3 Å². The number of carbonyl (C=O) groups excluding carboxylic acids is 1. The summed E-state index contributed by atoms with van der Waals surface area (Å²) < 4.78 is 11.0. The van der Waals surface area contributed by atoms with Crippen molar-refractivity contribution in [1.29, 1.82) is 0 Å². The molecule has 0 aliphatic carbocycles. The Bertz CT molecular complexity index is 595. The van der Waals surface area contributed by atoms with Gasteiger partial charge in [-0.2, -0.15) is 0 Å². The van der Waals surface area contributed by atoms with Crippen LogP contribution in [0, 0.1) is 5.41 Å². The Morgan fingerprint density at radius 3 is 2.81 bits per heavy atom. The maximum absolute atomic E-state index is 12.9. The predicted octanol–water partition coefficient (Wildman–Crippen LogP) is 3.91. The van der Waals surface area contributed by atoms with E-state index < -0.39 is 5.41 Å². The van der Waals surface area contributed by atoms with E-state index in [0.717, 1.165) is 58.4 Å². The molecule has 0 bridgehead atoms. The van der Waals surface area contributed by atoms with Gasteiger partial charge in [-0.05, 0) is 51.1 Å². The Kier molecular flexibility index (Phi) is 6.86. The first-order valence-corrected chi connectivity index (χ1v) is 9.94. The van der Waals surface area contributed by atoms with Crippen molar-refractivity contribution in [3.05, 3.63) is 42.0 Å². The molecular formula is C22H31NO3. The standard InChI is InChI=1S/C22H31NO3/c1-2-26-21(24)22(13-6-10-19-8-4-3-5-9-19)14-7-15-23(18-22)20-11-16-25-17-12-20/h3-6,8-10,20H,2,7,11-18H2,1H3/b10-6+. The Morgan fingerprint density at radius 1 is 1.31 bits per heavy atom. The number of ether oxygens (including phenoxy) is 2. The molecule has 0 N–H and O–H groups in total. The van der Waals surface area contributed by atoms with E-state index in [2.05, 4.69) is 29.2 Å². The van der Waals surface area contributed by atoms with Gasteiger partial charge in [-0.25, -0.2) is 0 Å². The first-order chi connectivity index (χ1) is 12.7. The highest BCUT2D eigenvalue weighted by molar-refractivity contribution is 5.77. The van der Waals surface area contributed by atoms with Crippen LogP contribution in [0.25, 0.3) is 6.08 Å². The highest BCUT2D eigenvalue weighted by Gasteiger charge is 2.44. The fourth-order valence-electron chi connectivity index (χ4n) is 4.21. The Labute approximate surface area is 157 Å². The summed E-state index contributed by atoms with van der Waals surface area (Å²) in [7, 11) is 0. The summed E-state index contributed by atoms with van der Waals surface area (Å²) in [6.07, 6.45) is 9.10. The van der Waals surface area contributed by atoms with Gasteiger partial charge in [0.15, 0.2) is 0 Å². The molecule has 26 heavy (non-hydrogen) atoms. The van der Waals surface area contributed by atoms with Crippen LogP contribution in [0.4, 0.5) is 0 Å². The van der Waals surface area contributed by atoms with Gasteiger partial charge >= 0.3 is 5.97 Å². The van der Waals surface area contributed by atoms with Crippen LogP contribution >= 0.6 is 0 Å². The molecule has 0 aromatic heterocycles. The molecule has 4 nitrogen and oxygen atoms in total. The minimum Gasteiger partial charge on any atom is -0.466 e. The highest BCUT2D eigenvalue weighted by atomic mass is 16.5. The molecule has 2 aliphatic heterocycles. The van der Waals surface area contributed by atoms with E-state index in [1.807, 2.05) is 25.1 Å². The van der Waals surface area contributed by atoms with E-state index >= 15 is 0 Å². The largest absolute Gasteiger partial charge is 0.466 e. The summed E-state index contributed by atoms with van der Waals surface area (Å²) in [6.45, 7) is 5.89. The summed E-state index contributed by atoms with van der Waals surface area (Å²) in [5.41, 5.74) is 0.751. The molecule has 142 valence electrons. The number of allylic oxidation sites excluding steroid dienone is 1. The number of likely N-dealkylation sites (tertiary alicyclic amines) is 1. The van der Waals surface area contributed by atoms with Gasteiger partial charge in [-0.1, -0.05) is 42.5 Å². The average molecular weight is 357 g/mol. The van der Waals surface area contributed by atoms with Crippen LogP contribution in [-0.4, -0.2) is 49.8 Å². The normalized spacial score (nSPS) is 25.4. The minimum absolute atomic E-state index is 0.0329. The predicted molar refractivity (Wildman–Crippen MR) is 104 cm³/mol. The molecule has 0 spiro atoms. The van der Waals surface area contributed by atoms with Crippen LogP contribution in [0.1, 0.15) is 44.6 Å². The second kappa shape index (κ2) is 9.33. The third-order valence-electron chi connectivity index (χ3n) is 5.64. The van der Waals surface area contributed by atoms with E-state index in [4.69, 9.17) is 9.47 Å². The molecule has 1 atom stereocenters. The Morgan fingerprint density at radius 2 is 2.08 bits per heavy atom. The molecule has 4 heteroatoms. The lowest BCUT2D eigenvalue weighted by Crippen LogP contribution is -2.52. The molecule has 3 rings (SSSR count). The van der Waals surface area contributed by atoms with Crippen LogP contribution < -0.4 is 0 Å². The van der Waals surface area contributed by atoms with E-state index in [-0.39, 0.29) is 5.97 Å². The van der Waals surface area contributed by atoms with Crippen molar-refractivity contribution in [2.24, 2.45) is 5.41 Å². The van der Waals surface area contributed by atoms with Crippen LogP contribution in [0.2, 0.25) is 0 Å². The van der Waals surface area contributed by atoms with Crippen molar-refractivity contribution >= 4 is 12.0 Å². The fraction of sp³-hybridized carbons (Fsp3) is 0.591. The molecule has 0 radical (unpaired) electrons. The van der Waals surface area contributed by atoms with Gasteiger partial charge in [0.25, 0.3) is 0 Å². The second-order valence-electron chi connectivity index (χ2n) is 7.44. The number of esters is 1. The minimum atomic E-state index is -0.419. The molecule has 0 saturated carbocycles. The number of hydrogen-bond acceptors (Lipinski definition) is 4. The van der Waals surface area contributed by atoms with Gasteiger partial charge in [0.1, 0.15) is 0 Å². The molecule has 0 amide bonds. The first-order valence-electron chi connectivity index (χ1n) is 9.94. The zero-order valence-corrected chi connectivity index (χ0v) is 15.9. The van der Waals surface area contributed by atoms with Gasteiger partial charge in [0, 0.05) is 25.8 Å². The molecule has 2 fully saturated rings. The third-order valence-corrected chi connectivity index (χ3v) is 5.64. The average Bonchev–Trinajstić information content (AvgIpc) is 2.70. The first kappa shape index (κ1) is 19.1. The molecule has 1 unspecified atom stereocenters. The molecule has 2 saturated heterocycles. The number of piperidine rings is 1. The van der Waals surface area contributed by atoms with Crippen molar-refractivity contribution in [3.8, 4) is 0 Å². The van der Waals surface area contributed by atoms with Gasteiger partial charge in [-0.15, -0.1) is 0 Å². The van der Waals surface area contributed by atoms with Crippen molar-refractivity contribution in [2.75, 3.05) is 32.9 Å². The topological polar surface area (TPSA) is 38.8 Å². The van der Waals surface area contributed by atoms with Crippen LogP contribution in [0.5, 0.6) is 0 Å². The zero-order valence-electron chi connectivity index (χ0n) is 15.9. The lowest BCUT2D eigenvalue weighted by molar-refractivity contribution is -0.160. The van der Waals surface area contributed by atoms with Crippen molar-refractivity contribution in [2.45, 2.75) is 45.1 Å². The summed E-state index contributed by atoms with van der Waals surface area (Å²) in [5.74, 6) is -0.0329. The van der Waals surface area contributed by atoms with Crippen molar-refractivity contribution in [1.82, 2.24) is 4.90 Å². The van der Waals surface area contributed by atoms with E-state index in [1.54, 1.807) is 0 Å². The maximum Gasteiger partial charge on any atom is 0.313 e. The SMILES string of the molecule is CCOC(=O)C1(C/C=C/c2ccccc2)CCCN(C2CCOCC2)C1. The smallest absolute Gasteiger partial charge is 0.313 e. The second-order valence-corrected chi connectivity index (χ2v) is 7.44. The lowest BCUT2D eigenvalue weighted by Gasteiger charge is -2.44. The zero-order chi connectivity index (χ0) is 18.2. The van der Waals surface area contributed by atoms with E-state index in [0.29, 0.717) is 12.6 Å². The van der Waals surface area contributed by atoms with Gasteiger partial charge < -0.3 is 9.47 Å². The van der Waals surface area contributed by atoms with E-state index in [9.17, 15) is 4.79 Å². The van der Waals surface area contributed by atoms with E-state index in [1.165, 1.54) is 5.56 Å². The molecule has 1 aromatic rings. The summed E-state index contributed by atoms with van der Waals surface area (Å²) in [5, 5.41) is 0. The molecule has 2 heterocycles. The number of hydrogen-bond donors (Lipinski definition) is 0. The molecular weight excluding hydrogens is 326 g/mol. The number of benzene rings is 1. The van der Waals surface area contributed by atoms with Crippen molar-refractivity contribution in [3.63, 3.8) is 0 Å². The maximum atomic E-state index is 12.9. The number of rotatable bonds is 6. The van der Waals surface area contributed by atoms with Gasteiger partial charge in [0.05, 0.1) is 12.0 Å². The Balaban J connectivity index is 1.72. The summed E-state index contributed by atoms with van der Waals surface area (Å²) in [6, 6.07) is 10.8. The third kappa shape index (κ3) is 4.74. The van der Waals surface area contributed by atoms with Crippen LogP contribution in [0.3, 0.4) is 0 Å². The monoisotopic (exact) mass is 357 g/mol. The number of carbonyl (C=O) groups is 1.